The van der Waals surface area contributed by atoms with E-state index >= 15 is 0 Å². The minimum atomic E-state index is -3.76. The molecule has 1 spiro atoms. The largest absolute Gasteiger partial charge is 0.344 e. The number of nitrogens with zero attached hydrogens (tertiary/aromatic N) is 1. The third-order valence-electron chi connectivity index (χ3n) is 6.15. The normalized spacial score (nSPS) is 22.7. The van der Waals surface area contributed by atoms with Crippen molar-refractivity contribution in [2.24, 2.45) is 5.92 Å². The molecule has 2 fully saturated rings. The van der Waals surface area contributed by atoms with Crippen LogP contribution in [0.25, 0.3) is 6.08 Å². The first kappa shape index (κ1) is 23.5. The van der Waals surface area contributed by atoms with Crippen molar-refractivity contribution < 1.29 is 22.8 Å². The van der Waals surface area contributed by atoms with E-state index in [0.29, 0.717) is 18.8 Å². The molecule has 0 atom stereocenters. The predicted molar refractivity (Wildman–Crippen MR) is 128 cm³/mol. The summed E-state index contributed by atoms with van der Waals surface area (Å²) in [6.45, 7) is 2.11. The molecule has 2 aromatic rings. The number of rotatable bonds is 6. The van der Waals surface area contributed by atoms with Crippen LogP contribution in [0, 0.1) is 5.92 Å². The molecule has 1 saturated carbocycles. The highest BCUT2D eigenvalue weighted by Gasteiger charge is 2.52. The Kier molecular flexibility index (Phi) is 6.43. The topological polar surface area (TPSA) is 125 Å². The van der Waals surface area contributed by atoms with Gasteiger partial charge in [0.1, 0.15) is 5.54 Å². The molecule has 4 amide bonds. The van der Waals surface area contributed by atoms with E-state index in [9.17, 15) is 22.8 Å². The van der Waals surface area contributed by atoms with Crippen molar-refractivity contribution in [2.75, 3.05) is 4.72 Å². The van der Waals surface area contributed by atoms with E-state index in [0.717, 1.165) is 28.8 Å². The Morgan fingerprint density at radius 3 is 2.35 bits per heavy atom. The number of hydrogen-bond donors (Lipinski definition) is 3. The molecule has 9 nitrogen and oxygen atoms in total. The maximum absolute atomic E-state index is 12.9. The van der Waals surface area contributed by atoms with E-state index in [2.05, 4.69) is 22.4 Å². The summed E-state index contributed by atoms with van der Waals surface area (Å²) in [4.78, 5) is 37.9. The molecule has 2 aliphatic rings. The van der Waals surface area contributed by atoms with Gasteiger partial charge in [0.05, 0.1) is 5.41 Å². The Hall–Kier alpha value is -3.66. The van der Waals surface area contributed by atoms with Gasteiger partial charge < -0.3 is 5.32 Å². The van der Waals surface area contributed by atoms with Gasteiger partial charge in [0, 0.05) is 11.3 Å². The molecule has 178 valence electrons. The zero-order valence-electron chi connectivity index (χ0n) is 18.7. The van der Waals surface area contributed by atoms with Crippen LogP contribution >= 0.6 is 0 Å². The van der Waals surface area contributed by atoms with Crippen molar-refractivity contribution in [2.45, 2.75) is 38.1 Å². The Morgan fingerprint density at radius 1 is 1.06 bits per heavy atom. The first-order chi connectivity index (χ1) is 16.2. The molecule has 0 bridgehead atoms. The summed E-state index contributed by atoms with van der Waals surface area (Å²) in [7, 11) is -3.76. The van der Waals surface area contributed by atoms with Crippen LogP contribution in [-0.2, 0) is 14.8 Å². The van der Waals surface area contributed by atoms with Crippen LogP contribution in [0.4, 0.5) is 10.5 Å². The molecule has 1 saturated heterocycles. The van der Waals surface area contributed by atoms with Gasteiger partial charge in [0.25, 0.3) is 21.8 Å². The van der Waals surface area contributed by atoms with E-state index in [1.165, 1.54) is 30.3 Å². The highest BCUT2D eigenvalue weighted by Crippen LogP contribution is 2.35. The molecule has 34 heavy (non-hydrogen) atoms. The van der Waals surface area contributed by atoms with Gasteiger partial charge in [-0.3, -0.25) is 19.7 Å². The number of urea groups is 1. The Labute approximate surface area is 198 Å². The number of benzene rings is 2. The summed E-state index contributed by atoms with van der Waals surface area (Å²) in [6, 6.07) is 14.0. The third kappa shape index (κ3) is 5.12. The van der Waals surface area contributed by atoms with Crippen LogP contribution < -0.4 is 15.5 Å². The Bertz CT molecular complexity index is 1220. The molecule has 1 aliphatic carbocycles. The standard InChI is InChI=1S/C24H26N4O5S/c1-17-11-14-24(15-12-17)22(30)28(23(31)25-24)26-21(29)19-7-9-20(10-8-19)27-34(32,33)16-13-18-5-3-2-4-6-18/h2-10,13,16-17,27H,11-12,14-15H2,1H3,(H,25,31)(H,26,29)/b16-13+. The molecule has 10 heteroatoms. The summed E-state index contributed by atoms with van der Waals surface area (Å²) in [5, 5.41) is 4.54. The van der Waals surface area contributed by atoms with Crippen molar-refractivity contribution in [3.63, 3.8) is 0 Å². The fourth-order valence-electron chi connectivity index (χ4n) is 4.10. The third-order valence-corrected chi connectivity index (χ3v) is 7.16. The molecule has 2 aromatic carbocycles. The lowest BCUT2D eigenvalue weighted by atomic mass is 9.77. The summed E-state index contributed by atoms with van der Waals surface area (Å²) in [5.41, 5.74) is 2.59. The van der Waals surface area contributed by atoms with Gasteiger partial charge in [-0.05, 0) is 67.5 Å². The van der Waals surface area contributed by atoms with Crippen molar-refractivity contribution in [3.05, 3.63) is 71.1 Å². The van der Waals surface area contributed by atoms with Crippen molar-refractivity contribution >= 4 is 39.6 Å². The fraction of sp³-hybridized carbons (Fsp3) is 0.292. The summed E-state index contributed by atoms with van der Waals surface area (Å²) < 4.78 is 27.0. The Morgan fingerprint density at radius 2 is 1.71 bits per heavy atom. The molecular weight excluding hydrogens is 456 g/mol. The highest BCUT2D eigenvalue weighted by atomic mass is 32.2. The van der Waals surface area contributed by atoms with Gasteiger partial charge in [-0.2, -0.15) is 5.01 Å². The maximum Gasteiger partial charge on any atom is 0.344 e. The molecular formula is C24H26N4O5S. The first-order valence-electron chi connectivity index (χ1n) is 11.0. The number of hydrazine groups is 1. The van der Waals surface area contributed by atoms with Gasteiger partial charge in [0.15, 0.2) is 0 Å². The zero-order valence-corrected chi connectivity index (χ0v) is 19.5. The minimum absolute atomic E-state index is 0.168. The average molecular weight is 483 g/mol. The van der Waals surface area contributed by atoms with Crippen molar-refractivity contribution in [1.29, 1.82) is 0 Å². The lowest BCUT2D eigenvalue weighted by Gasteiger charge is -2.33. The second-order valence-electron chi connectivity index (χ2n) is 8.71. The average Bonchev–Trinajstić information content (AvgIpc) is 3.05. The fourth-order valence-corrected chi connectivity index (χ4v) is 4.97. The smallest absolute Gasteiger partial charge is 0.322 e. The molecule has 1 aliphatic heterocycles. The number of sulfonamides is 1. The number of nitrogens with one attached hydrogen (secondary N) is 3. The molecule has 0 aromatic heterocycles. The summed E-state index contributed by atoms with van der Waals surface area (Å²) >= 11 is 0. The number of amides is 4. The van der Waals surface area contributed by atoms with E-state index in [-0.39, 0.29) is 11.3 Å². The second-order valence-corrected chi connectivity index (χ2v) is 10.3. The van der Waals surface area contributed by atoms with Crippen molar-refractivity contribution in [3.8, 4) is 0 Å². The van der Waals surface area contributed by atoms with E-state index in [1.54, 1.807) is 24.3 Å². The molecule has 4 rings (SSSR count). The van der Waals surface area contributed by atoms with Gasteiger partial charge >= 0.3 is 6.03 Å². The van der Waals surface area contributed by atoms with E-state index in [1.807, 2.05) is 6.07 Å². The number of hydrogen-bond acceptors (Lipinski definition) is 5. The summed E-state index contributed by atoms with van der Waals surface area (Å²) in [6.07, 6.45) is 4.21. The van der Waals surface area contributed by atoms with E-state index in [4.69, 9.17) is 0 Å². The van der Waals surface area contributed by atoms with Crippen LogP contribution in [0.3, 0.4) is 0 Å². The lowest BCUT2D eigenvalue weighted by molar-refractivity contribution is -0.134. The number of imide groups is 1. The van der Waals surface area contributed by atoms with Crippen LogP contribution in [0.15, 0.2) is 60.0 Å². The van der Waals surface area contributed by atoms with Crippen LogP contribution in [0.1, 0.15) is 48.5 Å². The van der Waals surface area contributed by atoms with Crippen molar-refractivity contribution in [1.82, 2.24) is 15.8 Å². The number of anilines is 1. The maximum atomic E-state index is 12.9. The molecule has 0 unspecified atom stereocenters. The van der Waals surface area contributed by atoms with Gasteiger partial charge in [-0.25, -0.2) is 13.2 Å². The molecule has 0 radical (unpaired) electrons. The second kappa shape index (κ2) is 9.30. The molecule has 3 N–H and O–H groups in total. The van der Waals surface area contributed by atoms with Gasteiger partial charge in [0.2, 0.25) is 0 Å². The first-order valence-corrected chi connectivity index (χ1v) is 12.6. The Balaban J connectivity index is 1.38. The number of carbonyl (C=O) groups is 3. The van der Waals surface area contributed by atoms with Gasteiger partial charge in [-0.1, -0.05) is 37.3 Å². The SMILES string of the molecule is CC1CCC2(CC1)NC(=O)N(NC(=O)c1ccc(NS(=O)(=O)/C=C/c3ccccc3)cc1)C2=O. The monoisotopic (exact) mass is 482 g/mol. The zero-order chi connectivity index (χ0) is 24.3. The molecule has 1 heterocycles. The lowest BCUT2D eigenvalue weighted by Crippen LogP contribution is -2.51. The minimum Gasteiger partial charge on any atom is -0.322 e. The van der Waals surface area contributed by atoms with Crippen LogP contribution in [-0.4, -0.2) is 36.8 Å². The van der Waals surface area contributed by atoms with E-state index < -0.39 is 33.4 Å². The summed E-state index contributed by atoms with van der Waals surface area (Å²) in [5.74, 6) is -0.612. The van der Waals surface area contributed by atoms with Crippen LogP contribution in [0.5, 0.6) is 0 Å². The number of carbonyl (C=O) groups excluding carboxylic acids is 3. The predicted octanol–water partition coefficient (Wildman–Crippen LogP) is 3.24. The van der Waals surface area contributed by atoms with Crippen LogP contribution in [0.2, 0.25) is 0 Å². The van der Waals surface area contributed by atoms with Gasteiger partial charge in [-0.15, -0.1) is 0 Å². The highest BCUT2D eigenvalue weighted by molar-refractivity contribution is 7.95. The quantitative estimate of drug-likeness (QED) is 0.545.